The van der Waals surface area contributed by atoms with Gasteiger partial charge in [0.2, 0.25) is 23.6 Å². The van der Waals surface area contributed by atoms with E-state index in [1.807, 2.05) is 37.4 Å². The molecule has 1 saturated carbocycles. The van der Waals surface area contributed by atoms with Gasteiger partial charge in [0.05, 0.1) is 43.2 Å². The molecule has 1 aliphatic carbocycles. The fourth-order valence-corrected chi connectivity index (χ4v) is 12.4. The van der Waals surface area contributed by atoms with Crippen LogP contribution in [0.25, 0.3) is 10.8 Å². The number of alkyl halides is 1. The third kappa shape index (κ3) is 13.4. The van der Waals surface area contributed by atoms with Gasteiger partial charge in [-0.2, -0.15) is 0 Å². The second kappa shape index (κ2) is 27.4. The number of hydrogen-bond acceptors (Lipinski definition) is 14. The van der Waals surface area contributed by atoms with E-state index in [1.165, 1.54) is 29.1 Å². The molecule has 5 aliphatic heterocycles. The van der Waals surface area contributed by atoms with Crippen LogP contribution in [0.4, 0.5) is 26.7 Å². The minimum atomic E-state index is -1.26. The number of imide groups is 1. The number of halogens is 1. The average molecular weight is 1200 g/mol. The second-order valence-corrected chi connectivity index (χ2v) is 23.2. The van der Waals surface area contributed by atoms with Crippen molar-refractivity contribution in [3.05, 3.63) is 95.6 Å². The quantitative estimate of drug-likeness (QED) is 0.0290. The number of amides is 9. The number of carbonyl (C=O) groups is 9. The van der Waals surface area contributed by atoms with Crippen LogP contribution in [0.3, 0.4) is 0 Å². The third-order valence-electron chi connectivity index (χ3n) is 17.3. The standard InChI is InChI=1S/C63H74ClN9O13/c1-68-28-30-69(31-29-68)61(81)86-50-35-49-57(46-15-7-6-14-45(46)50)42(36-64)38-72(49)54(75)16-5-3-10-32-84-52-34-48-47(33-51(52)83-2)58(78)70-27-11-13-44(70)39-73(48)62(82)85-40-41-17-19-43(20-18-41)67-53(74)37-66-60(80)63(23-12-24-63)59(79)65-25-8-4-9-26-71-55(76)21-22-56(71)77/h6-7,14-15,17-22,33-35,42,44H,3-5,8-13,16,23-32,36-40H2,1-2H3,(H,65,79)(H,66,80)(H,67,74)/t42-,44+/m1/s1. The van der Waals surface area contributed by atoms with Gasteiger partial charge < -0.3 is 54.5 Å². The molecule has 0 radical (unpaired) electrons. The molecule has 3 fully saturated rings. The number of nitrogens with zero attached hydrogens (tertiary/aromatic N) is 6. The van der Waals surface area contributed by atoms with Gasteiger partial charge in [-0.3, -0.25) is 43.4 Å². The molecular formula is C63H74ClN9O13. The van der Waals surface area contributed by atoms with Gasteiger partial charge >= 0.3 is 12.2 Å². The molecule has 4 aromatic carbocycles. The lowest BCUT2D eigenvalue weighted by Crippen LogP contribution is -2.56. The number of unbranched alkanes of at least 4 members (excludes halogenated alkanes) is 4. The Morgan fingerprint density at radius 3 is 2.16 bits per heavy atom. The van der Waals surface area contributed by atoms with E-state index in [1.54, 1.807) is 51.1 Å². The lowest BCUT2D eigenvalue weighted by Gasteiger charge is -2.38. The molecule has 6 aliphatic rings. The van der Waals surface area contributed by atoms with Gasteiger partial charge in [-0.15, -0.1) is 11.6 Å². The van der Waals surface area contributed by atoms with E-state index in [4.69, 9.17) is 30.5 Å². The summed E-state index contributed by atoms with van der Waals surface area (Å²) in [5.41, 5.74) is 2.07. The summed E-state index contributed by atoms with van der Waals surface area (Å²) in [6.07, 6.45) is 8.26. The van der Waals surface area contributed by atoms with Crippen molar-refractivity contribution in [3.63, 3.8) is 0 Å². The van der Waals surface area contributed by atoms with Crippen LogP contribution in [-0.4, -0.2) is 171 Å². The fraction of sp³-hybridized carbons (Fsp3) is 0.476. The Morgan fingerprint density at radius 1 is 0.721 bits per heavy atom. The van der Waals surface area contributed by atoms with Crippen LogP contribution < -0.4 is 40.0 Å². The SMILES string of the molecule is COc1cc2c(cc1OCCCCCC(=O)N1C[C@@H](CCl)c3c1cc(OC(=O)N1CCN(C)CC1)c1ccccc31)N(C(=O)OCc1ccc(NC(=O)CNC(=O)C3(C(=O)NCCCCCN4C(=O)C=CC4=O)CCC3)cc1)C[C@@H]1CCCN1C2=O. The average Bonchev–Trinajstić information content (AvgIpc) is 1.69. The molecule has 2 saturated heterocycles. The Labute approximate surface area is 504 Å². The summed E-state index contributed by atoms with van der Waals surface area (Å²) in [6, 6.07) is 19.2. The van der Waals surface area contributed by atoms with Crippen molar-refractivity contribution in [2.75, 3.05) is 107 Å². The normalized spacial score (nSPS) is 18.7. The van der Waals surface area contributed by atoms with Crippen LogP contribution in [0.2, 0.25) is 0 Å². The summed E-state index contributed by atoms with van der Waals surface area (Å²) in [5.74, 6) is -1.08. The molecule has 23 heteroatoms. The lowest BCUT2D eigenvalue weighted by atomic mass is 9.67. The first-order chi connectivity index (χ1) is 41.7. The largest absolute Gasteiger partial charge is 0.493 e. The first-order valence-electron chi connectivity index (χ1n) is 29.8. The number of nitrogens with one attached hydrogen (secondary N) is 3. The predicted molar refractivity (Wildman–Crippen MR) is 320 cm³/mol. The van der Waals surface area contributed by atoms with E-state index in [-0.39, 0.29) is 73.9 Å². The maximum Gasteiger partial charge on any atom is 0.415 e. The van der Waals surface area contributed by atoms with Crippen LogP contribution in [0.1, 0.15) is 104 Å². The molecule has 0 spiro atoms. The highest BCUT2D eigenvalue weighted by Gasteiger charge is 2.50. The topological polar surface area (TPSA) is 246 Å². The zero-order chi connectivity index (χ0) is 60.5. The minimum Gasteiger partial charge on any atom is -0.493 e. The van der Waals surface area contributed by atoms with E-state index >= 15 is 0 Å². The molecule has 22 nitrogen and oxygen atoms in total. The first kappa shape index (κ1) is 60.9. The number of hydrogen-bond donors (Lipinski definition) is 3. The van der Waals surface area contributed by atoms with E-state index in [0.29, 0.717) is 149 Å². The highest BCUT2D eigenvalue weighted by molar-refractivity contribution is 6.19. The summed E-state index contributed by atoms with van der Waals surface area (Å²) in [6.45, 7) is 4.20. The number of carbonyl (C=O) groups excluding carboxylic acids is 9. The number of anilines is 3. The molecule has 86 heavy (non-hydrogen) atoms. The predicted octanol–water partition coefficient (Wildman–Crippen LogP) is 7.10. The summed E-state index contributed by atoms with van der Waals surface area (Å²) >= 11 is 6.55. The van der Waals surface area contributed by atoms with E-state index < -0.39 is 35.3 Å². The van der Waals surface area contributed by atoms with Crippen LogP contribution in [0.15, 0.2) is 78.9 Å². The van der Waals surface area contributed by atoms with Gasteiger partial charge in [0.25, 0.3) is 17.7 Å². The zero-order valence-electron chi connectivity index (χ0n) is 48.7. The lowest BCUT2D eigenvalue weighted by molar-refractivity contribution is -0.150. The number of piperazine rings is 1. The van der Waals surface area contributed by atoms with Crippen molar-refractivity contribution < 1.29 is 62.1 Å². The number of likely N-dealkylation sites (N-methyl/N-ethyl adjacent to an activating group) is 1. The molecule has 4 aromatic rings. The Hall–Kier alpha value is -8.24. The Morgan fingerprint density at radius 2 is 1.44 bits per heavy atom. The summed E-state index contributed by atoms with van der Waals surface area (Å²) in [5, 5.41) is 9.90. The Balaban J connectivity index is 0.699. The molecule has 0 unspecified atom stereocenters. The third-order valence-corrected chi connectivity index (χ3v) is 17.6. The number of benzene rings is 4. The molecular weight excluding hydrogens is 1130 g/mol. The molecule has 2 atom stereocenters. The van der Waals surface area contributed by atoms with Crippen molar-refractivity contribution in [3.8, 4) is 17.2 Å². The van der Waals surface area contributed by atoms with Crippen LogP contribution in [0, 0.1) is 5.41 Å². The summed E-state index contributed by atoms with van der Waals surface area (Å²) in [4.78, 5) is 129. The molecule has 5 heterocycles. The van der Waals surface area contributed by atoms with Crippen molar-refractivity contribution in [1.29, 1.82) is 0 Å². The number of ether oxygens (including phenoxy) is 4. The van der Waals surface area contributed by atoms with Gasteiger partial charge in [0, 0.05) is 112 Å². The number of rotatable bonds is 23. The first-order valence-corrected chi connectivity index (χ1v) is 30.4. The summed E-state index contributed by atoms with van der Waals surface area (Å²) < 4.78 is 24.0. The van der Waals surface area contributed by atoms with E-state index in [9.17, 15) is 43.2 Å². The van der Waals surface area contributed by atoms with Gasteiger partial charge in [-0.25, -0.2) is 9.59 Å². The molecule has 0 bridgehead atoms. The molecule has 0 aromatic heterocycles. The van der Waals surface area contributed by atoms with Crippen LogP contribution in [-0.2, 0) is 40.1 Å². The Kier molecular flexibility index (Phi) is 19.4. The molecule has 456 valence electrons. The maximum atomic E-state index is 14.1. The van der Waals surface area contributed by atoms with E-state index in [0.717, 1.165) is 35.8 Å². The molecule has 10 rings (SSSR count). The van der Waals surface area contributed by atoms with Crippen LogP contribution in [0.5, 0.6) is 17.2 Å². The van der Waals surface area contributed by atoms with Gasteiger partial charge in [0.1, 0.15) is 17.8 Å². The number of fused-ring (bicyclic) bond motifs is 5. The maximum absolute atomic E-state index is 14.1. The molecule has 9 amide bonds. The smallest absolute Gasteiger partial charge is 0.415 e. The fourth-order valence-electron chi connectivity index (χ4n) is 12.1. The van der Waals surface area contributed by atoms with E-state index in [2.05, 4.69) is 20.9 Å². The van der Waals surface area contributed by atoms with Crippen molar-refractivity contribution in [2.45, 2.75) is 95.6 Å². The highest BCUT2D eigenvalue weighted by Crippen LogP contribution is 2.47. The molecule has 3 N–H and O–H groups in total. The van der Waals surface area contributed by atoms with Gasteiger partial charge in [-0.1, -0.05) is 42.8 Å². The second-order valence-electron chi connectivity index (χ2n) is 22.8. The van der Waals surface area contributed by atoms with Crippen molar-refractivity contribution in [2.24, 2.45) is 5.41 Å². The monoisotopic (exact) mass is 1200 g/mol. The Bertz CT molecular complexity index is 3270. The van der Waals surface area contributed by atoms with Crippen molar-refractivity contribution in [1.82, 2.24) is 30.2 Å². The highest BCUT2D eigenvalue weighted by atomic mass is 35.5. The van der Waals surface area contributed by atoms with Gasteiger partial charge in [-0.05, 0) is 106 Å². The van der Waals surface area contributed by atoms with Crippen molar-refractivity contribution >= 4 is 93.0 Å². The minimum absolute atomic E-state index is 0.0609. The van der Waals surface area contributed by atoms with Gasteiger partial charge in [0.15, 0.2) is 11.5 Å². The zero-order valence-corrected chi connectivity index (χ0v) is 49.5. The number of methoxy groups -OCH3 is 1. The van der Waals surface area contributed by atoms with Crippen LogP contribution >= 0.6 is 11.6 Å². The summed E-state index contributed by atoms with van der Waals surface area (Å²) in [7, 11) is 3.51.